The maximum Gasteiger partial charge on any atom is 0.194 e. The van der Waals surface area contributed by atoms with E-state index in [2.05, 4.69) is 10.4 Å². The Balaban J connectivity index is 2.41. The molecule has 1 aromatic rings. The molecule has 0 aromatic carbocycles. The molecule has 1 aliphatic heterocycles. The Morgan fingerprint density at radius 1 is 1.57 bits per heavy atom. The maximum absolute atomic E-state index is 11.2. The highest BCUT2D eigenvalue weighted by atomic mass is 32.2. The predicted octanol–water partition coefficient (Wildman–Crippen LogP) is -0.220. The molecule has 0 saturated heterocycles. The summed E-state index contributed by atoms with van der Waals surface area (Å²) in [7, 11) is -3.17. The van der Waals surface area contributed by atoms with E-state index >= 15 is 0 Å². The van der Waals surface area contributed by atoms with Gasteiger partial charge in [0, 0.05) is 19.3 Å². The van der Waals surface area contributed by atoms with Gasteiger partial charge in [-0.3, -0.25) is 4.68 Å². The van der Waals surface area contributed by atoms with Crippen molar-refractivity contribution < 1.29 is 8.42 Å². The number of hydrogen-bond acceptors (Lipinski definition) is 4. The van der Waals surface area contributed by atoms with Crippen LogP contribution in [0.15, 0.2) is 11.1 Å². The molecule has 1 aromatic heterocycles. The Labute approximate surface area is 83.0 Å². The summed E-state index contributed by atoms with van der Waals surface area (Å²) in [6, 6.07) is 1.65. The van der Waals surface area contributed by atoms with E-state index in [0.29, 0.717) is 6.54 Å². The monoisotopic (exact) mass is 215 g/mol. The zero-order valence-corrected chi connectivity index (χ0v) is 8.84. The molecule has 2 heterocycles. The minimum atomic E-state index is -3.17. The molecule has 0 amide bonds. The van der Waals surface area contributed by atoms with E-state index in [9.17, 15) is 8.42 Å². The number of hydrogen-bond donors (Lipinski definition) is 1. The van der Waals surface area contributed by atoms with Crippen LogP contribution in [0.5, 0.6) is 0 Å². The summed E-state index contributed by atoms with van der Waals surface area (Å²) in [4.78, 5) is 0. The fraction of sp³-hybridized carbons (Fsp3) is 0.625. The van der Waals surface area contributed by atoms with Crippen LogP contribution in [0.2, 0.25) is 0 Å². The second-order valence-electron chi connectivity index (χ2n) is 3.50. The lowest BCUT2D eigenvalue weighted by Crippen LogP contribution is -2.11. The van der Waals surface area contributed by atoms with Gasteiger partial charge in [-0.2, -0.15) is 5.10 Å². The quantitative estimate of drug-likeness (QED) is 0.703. The van der Waals surface area contributed by atoms with Crippen molar-refractivity contribution in [2.75, 3.05) is 12.8 Å². The van der Waals surface area contributed by atoms with E-state index < -0.39 is 9.84 Å². The van der Waals surface area contributed by atoms with Crippen molar-refractivity contribution in [3.05, 3.63) is 11.8 Å². The number of nitrogens with zero attached hydrogens (tertiary/aromatic N) is 2. The van der Waals surface area contributed by atoms with E-state index in [4.69, 9.17) is 0 Å². The molecule has 6 heteroatoms. The van der Waals surface area contributed by atoms with E-state index in [0.717, 1.165) is 25.2 Å². The molecule has 1 N–H and O–H groups in total. The number of fused-ring (bicyclic) bond motifs is 1. The molecule has 0 unspecified atom stereocenters. The molecule has 78 valence electrons. The standard InChI is InChI=1S/C8H13N3O2S/c1-14(12,13)8-5-7-6-9-3-2-4-11(7)10-8/h5,9H,2-4,6H2,1H3. The van der Waals surface area contributed by atoms with Gasteiger partial charge in [-0.1, -0.05) is 0 Å². The fourth-order valence-electron chi connectivity index (χ4n) is 1.52. The first-order chi connectivity index (χ1) is 6.57. The molecule has 0 radical (unpaired) electrons. The summed E-state index contributed by atoms with van der Waals surface area (Å²) in [5.41, 5.74) is 0.947. The largest absolute Gasteiger partial charge is 0.311 e. The third-order valence-electron chi connectivity index (χ3n) is 2.25. The topological polar surface area (TPSA) is 64.0 Å². The van der Waals surface area contributed by atoms with Gasteiger partial charge in [0.1, 0.15) is 0 Å². The lowest BCUT2D eigenvalue weighted by Gasteiger charge is -1.98. The summed E-state index contributed by atoms with van der Waals surface area (Å²) in [5.74, 6) is 0. The smallest absolute Gasteiger partial charge is 0.194 e. The minimum Gasteiger partial charge on any atom is -0.311 e. The molecular weight excluding hydrogens is 202 g/mol. The number of aryl methyl sites for hydroxylation is 1. The van der Waals surface area contributed by atoms with Crippen LogP contribution in [0.1, 0.15) is 12.1 Å². The summed E-state index contributed by atoms with van der Waals surface area (Å²) >= 11 is 0. The van der Waals surface area contributed by atoms with Crippen molar-refractivity contribution in [3.63, 3.8) is 0 Å². The molecule has 2 rings (SSSR count). The lowest BCUT2D eigenvalue weighted by molar-refractivity contribution is 0.562. The lowest BCUT2D eigenvalue weighted by atomic mass is 10.4. The van der Waals surface area contributed by atoms with Gasteiger partial charge >= 0.3 is 0 Å². The van der Waals surface area contributed by atoms with E-state index in [1.54, 1.807) is 10.7 Å². The first-order valence-corrected chi connectivity index (χ1v) is 6.44. The second-order valence-corrected chi connectivity index (χ2v) is 5.46. The maximum atomic E-state index is 11.2. The third kappa shape index (κ3) is 1.80. The molecule has 0 atom stereocenters. The molecule has 1 aliphatic rings. The van der Waals surface area contributed by atoms with Gasteiger partial charge in [0.05, 0.1) is 5.69 Å². The summed E-state index contributed by atoms with van der Waals surface area (Å²) in [6.07, 6.45) is 2.17. The first kappa shape index (κ1) is 9.67. The molecule has 0 spiro atoms. The third-order valence-corrected chi connectivity index (χ3v) is 3.21. The number of nitrogens with one attached hydrogen (secondary N) is 1. The molecule has 0 aliphatic carbocycles. The zero-order valence-electron chi connectivity index (χ0n) is 8.02. The molecule has 5 nitrogen and oxygen atoms in total. The normalized spacial score (nSPS) is 17.5. The van der Waals surface area contributed by atoms with Crippen LogP contribution in [-0.4, -0.2) is 31.0 Å². The van der Waals surface area contributed by atoms with Crippen molar-refractivity contribution in [1.29, 1.82) is 0 Å². The van der Waals surface area contributed by atoms with Gasteiger partial charge < -0.3 is 5.32 Å². The van der Waals surface area contributed by atoms with Crippen LogP contribution >= 0.6 is 0 Å². The van der Waals surface area contributed by atoms with Gasteiger partial charge in [-0.05, 0) is 19.0 Å². The van der Waals surface area contributed by atoms with Crippen LogP contribution in [-0.2, 0) is 22.9 Å². The van der Waals surface area contributed by atoms with Gasteiger partial charge in [-0.15, -0.1) is 0 Å². The van der Waals surface area contributed by atoms with Gasteiger partial charge in [0.2, 0.25) is 0 Å². The second kappa shape index (κ2) is 3.36. The summed E-state index contributed by atoms with van der Waals surface area (Å²) in [5, 5.41) is 7.46. The highest BCUT2D eigenvalue weighted by molar-refractivity contribution is 7.90. The number of sulfone groups is 1. The van der Waals surface area contributed by atoms with Crippen molar-refractivity contribution in [3.8, 4) is 0 Å². The number of rotatable bonds is 1. The van der Waals surface area contributed by atoms with E-state index in [1.165, 1.54) is 6.26 Å². The molecule has 0 fully saturated rings. The minimum absolute atomic E-state index is 0.177. The summed E-state index contributed by atoms with van der Waals surface area (Å²) < 4.78 is 24.3. The predicted molar refractivity (Wildman–Crippen MR) is 51.7 cm³/mol. The fourth-order valence-corrected chi connectivity index (χ4v) is 2.11. The molecule has 0 saturated carbocycles. The van der Waals surface area contributed by atoms with Crippen LogP contribution in [0.4, 0.5) is 0 Å². The Kier molecular flexibility index (Phi) is 2.32. The Morgan fingerprint density at radius 2 is 2.36 bits per heavy atom. The summed E-state index contributed by atoms with van der Waals surface area (Å²) in [6.45, 7) is 2.44. The molecular formula is C8H13N3O2S. The van der Waals surface area contributed by atoms with Crippen molar-refractivity contribution >= 4 is 9.84 Å². The average Bonchev–Trinajstić information content (AvgIpc) is 2.38. The highest BCUT2D eigenvalue weighted by Gasteiger charge is 2.16. The Bertz CT molecular complexity index is 412. The Morgan fingerprint density at radius 3 is 3.07 bits per heavy atom. The molecule has 0 bridgehead atoms. The highest BCUT2D eigenvalue weighted by Crippen LogP contribution is 2.12. The van der Waals surface area contributed by atoms with Gasteiger partial charge in [0.25, 0.3) is 0 Å². The Hall–Kier alpha value is -0.880. The molecule has 14 heavy (non-hydrogen) atoms. The average molecular weight is 215 g/mol. The van der Waals surface area contributed by atoms with Gasteiger partial charge in [-0.25, -0.2) is 8.42 Å². The number of aromatic nitrogens is 2. The van der Waals surface area contributed by atoms with E-state index in [1.807, 2.05) is 0 Å². The van der Waals surface area contributed by atoms with Crippen LogP contribution in [0, 0.1) is 0 Å². The van der Waals surface area contributed by atoms with E-state index in [-0.39, 0.29) is 5.03 Å². The van der Waals surface area contributed by atoms with Crippen LogP contribution in [0.3, 0.4) is 0 Å². The van der Waals surface area contributed by atoms with Crippen molar-refractivity contribution in [2.24, 2.45) is 0 Å². The SMILES string of the molecule is CS(=O)(=O)c1cc2n(n1)CCCNC2. The first-order valence-electron chi connectivity index (χ1n) is 4.55. The van der Waals surface area contributed by atoms with Crippen LogP contribution in [0.25, 0.3) is 0 Å². The van der Waals surface area contributed by atoms with Crippen LogP contribution < -0.4 is 5.32 Å². The zero-order chi connectivity index (χ0) is 10.2. The van der Waals surface area contributed by atoms with Crippen molar-refractivity contribution in [1.82, 2.24) is 15.1 Å². The van der Waals surface area contributed by atoms with Crippen molar-refractivity contribution in [2.45, 2.75) is 24.5 Å². The van der Waals surface area contributed by atoms with Gasteiger partial charge in [0.15, 0.2) is 14.9 Å².